The number of carbonyl (C=O) groups is 1. The zero-order chi connectivity index (χ0) is 15.2. The summed E-state index contributed by atoms with van der Waals surface area (Å²) in [5.41, 5.74) is 1.22. The number of rotatable bonds is 6. The number of hydrogen-bond acceptors (Lipinski definition) is 2. The minimum Gasteiger partial charge on any atom is -0.337 e. The fraction of sp³-hybridized carbons (Fsp3) is 0.588. The molecule has 0 radical (unpaired) electrons. The van der Waals surface area contributed by atoms with Crippen LogP contribution in [0.2, 0.25) is 0 Å². The molecule has 20 heavy (non-hydrogen) atoms. The largest absolute Gasteiger partial charge is 0.337 e. The lowest BCUT2D eigenvalue weighted by Crippen LogP contribution is -2.37. The maximum atomic E-state index is 12.5. The molecule has 1 rings (SSSR count). The van der Waals surface area contributed by atoms with Gasteiger partial charge in [-0.15, -0.1) is 0 Å². The molecule has 0 aliphatic carbocycles. The summed E-state index contributed by atoms with van der Waals surface area (Å²) in [6.07, 6.45) is 0.591. The van der Waals surface area contributed by atoms with Crippen molar-refractivity contribution in [2.75, 3.05) is 27.2 Å². The molecule has 0 N–H and O–H groups in total. The summed E-state index contributed by atoms with van der Waals surface area (Å²) in [5.74, 6) is 0.239. The van der Waals surface area contributed by atoms with Gasteiger partial charge in [0.1, 0.15) is 0 Å². The Hall–Kier alpha value is -1.35. The third kappa shape index (κ3) is 6.71. The Kier molecular flexibility index (Phi) is 6.21. The van der Waals surface area contributed by atoms with Crippen molar-refractivity contribution in [1.29, 1.82) is 0 Å². The van der Waals surface area contributed by atoms with Gasteiger partial charge >= 0.3 is 0 Å². The Morgan fingerprint density at radius 3 is 2.15 bits per heavy atom. The van der Waals surface area contributed by atoms with Gasteiger partial charge in [0, 0.05) is 26.1 Å². The number of carbonyl (C=O) groups excluding carboxylic acids is 1. The standard InChI is InChI=1S/C17H28N2O/c1-17(2,3)13-16(20)19(12-11-18(4)5)14-15-9-7-6-8-10-15/h6-10H,11-14H2,1-5H3. The molecule has 0 saturated carbocycles. The van der Waals surface area contributed by atoms with Crippen molar-refractivity contribution in [2.45, 2.75) is 33.7 Å². The van der Waals surface area contributed by atoms with E-state index in [1.165, 1.54) is 5.56 Å². The van der Waals surface area contributed by atoms with E-state index in [1.54, 1.807) is 0 Å². The number of likely N-dealkylation sites (N-methyl/N-ethyl adjacent to an activating group) is 1. The molecular formula is C17H28N2O. The van der Waals surface area contributed by atoms with Crippen LogP contribution in [-0.4, -0.2) is 42.9 Å². The maximum Gasteiger partial charge on any atom is 0.223 e. The van der Waals surface area contributed by atoms with E-state index in [9.17, 15) is 4.79 Å². The second kappa shape index (κ2) is 7.44. The SMILES string of the molecule is CN(C)CCN(Cc1ccccc1)C(=O)CC(C)(C)C. The topological polar surface area (TPSA) is 23.6 Å². The molecule has 0 fully saturated rings. The number of hydrogen-bond donors (Lipinski definition) is 0. The van der Waals surface area contributed by atoms with Gasteiger partial charge in [0.25, 0.3) is 0 Å². The van der Waals surface area contributed by atoms with Gasteiger partial charge in [-0.3, -0.25) is 4.79 Å². The first-order valence-corrected chi connectivity index (χ1v) is 7.24. The molecule has 0 aliphatic rings. The van der Waals surface area contributed by atoms with Crippen molar-refractivity contribution in [3.63, 3.8) is 0 Å². The summed E-state index contributed by atoms with van der Waals surface area (Å²) in [6.45, 7) is 8.69. The third-order valence-electron chi connectivity index (χ3n) is 3.07. The van der Waals surface area contributed by atoms with Gasteiger partial charge in [0.2, 0.25) is 5.91 Å². The van der Waals surface area contributed by atoms with Gasteiger partial charge in [0.05, 0.1) is 0 Å². The van der Waals surface area contributed by atoms with Crippen molar-refractivity contribution in [1.82, 2.24) is 9.80 Å². The van der Waals surface area contributed by atoms with E-state index in [4.69, 9.17) is 0 Å². The van der Waals surface area contributed by atoms with Gasteiger partial charge in [-0.1, -0.05) is 51.1 Å². The van der Waals surface area contributed by atoms with Crippen molar-refractivity contribution in [3.05, 3.63) is 35.9 Å². The second-order valence-corrected chi connectivity index (χ2v) is 6.84. The van der Waals surface area contributed by atoms with Crippen LogP contribution < -0.4 is 0 Å². The van der Waals surface area contributed by atoms with Crippen molar-refractivity contribution in [3.8, 4) is 0 Å². The van der Waals surface area contributed by atoms with E-state index < -0.39 is 0 Å². The van der Waals surface area contributed by atoms with Crippen LogP contribution >= 0.6 is 0 Å². The van der Waals surface area contributed by atoms with Crippen molar-refractivity contribution < 1.29 is 4.79 Å². The van der Waals surface area contributed by atoms with Crippen molar-refractivity contribution >= 4 is 5.91 Å². The van der Waals surface area contributed by atoms with Crippen LogP contribution in [0.4, 0.5) is 0 Å². The average Bonchev–Trinajstić information content (AvgIpc) is 2.33. The van der Waals surface area contributed by atoms with E-state index in [0.717, 1.165) is 13.1 Å². The summed E-state index contributed by atoms with van der Waals surface area (Å²) in [4.78, 5) is 16.6. The number of benzene rings is 1. The zero-order valence-electron chi connectivity index (χ0n) is 13.5. The van der Waals surface area contributed by atoms with Gasteiger partial charge < -0.3 is 9.80 Å². The first kappa shape index (κ1) is 16.7. The molecule has 0 aromatic heterocycles. The van der Waals surface area contributed by atoms with E-state index in [2.05, 4.69) is 37.8 Å². The first-order chi connectivity index (χ1) is 9.28. The highest BCUT2D eigenvalue weighted by molar-refractivity contribution is 5.76. The number of amides is 1. The van der Waals surface area contributed by atoms with E-state index in [0.29, 0.717) is 13.0 Å². The summed E-state index contributed by atoms with van der Waals surface area (Å²) in [5, 5.41) is 0. The molecule has 0 atom stereocenters. The van der Waals surface area contributed by atoms with Crippen LogP contribution in [0.3, 0.4) is 0 Å². The molecule has 0 bridgehead atoms. The lowest BCUT2D eigenvalue weighted by molar-refractivity contribution is -0.133. The van der Waals surface area contributed by atoms with Crippen LogP contribution in [0.15, 0.2) is 30.3 Å². The van der Waals surface area contributed by atoms with E-state index >= 15 is 0 Å². The Morgan fingerprint density at radius 2 is 1.65 bits per heavy atom. The van der Waals surface area contributed by atoms with Crippen LogP contribution in [0.25, 0.3) is 0 Å². The van der Waals surface area contributed by atoms with Gasteiger partial charge in [-0.2, -0.15) is 0 Å². The lowest BCUT2D eigenvalue weighted by atomic mass is 9.91. The predicted octanol–water partition coefficient (Wildman–Crippen LogP) is 3.01. The van der Waals surface area contributed by atoms with Crippen LogP contribution in [-0.2, 0) is 11.3 Å². The smallest absolute Gasteiger partial charge is 0.223 e. The molecule has 1 aromatic rings. The van der Waals surface area contributed by atoms with Crippen LogP contribution in [0.5, 0.6) is 0 Å². The van der Waals surface area contributed by atoms with E-state index in [1.807, 2.05) is 37.2 Å². The minimum absolute atomic E-state index is 0.0319. The van der Waals surface area contributed by atoms with E-state index in [-0.39, 0.29) is 11.3 Å². The number of nitrogens with zero attached hydrogens (tertiary/aromatic N) is 2. The molecule has 0 heterocycles. The normalized spacial score (nSPS) is 11.7. The maximum absolute atomic E-state index is 12.5. The highest BCUT2D eigenvalue weighted by atomic mass is 16.2. The molecule has 3 nitrogen and oxygen atoms in total. The molecule has 1 aromatic carbocycles. The minimum atomic E-state index is 0.0319. The lowest BCUT2D eigenvalue weighted by Gasteiger charge is -2.28. The average molecular weight is 276 g/mol. The summed E-state index contributed by atoms with van der Waals surface area (Å²) < 4.78 is 0. The van der Waals surface area contributed by atoms with Gasteiger partial charge in [-0.05, 0) is 25.1 Å². The molecule has 0 unspecified atom stereocenters. The molecule has 1 amide bonds. The first-order valence-electron chi connectivity index (χ1n) is 7.24. The zero-order valence-corrected chi connectivity index (χ0v) is 13.5. The Balaban J connectivity index is 2.71. The summed E-state index contributed by atoms with van der Waals surface area (Å²) >= 11 is 0. The molecular weight excluding hydrogens is 248 g/mol. The Morgan fingerprint density at radius 1 is 1.05 bits per heavy atom. The molecule has 3 heteroatoms. The molecule has 0 aliphatic heterocycles. The highest BCUT2D eigenvalue weighted by Gasteiger charge is 2.21. The van der Waals surface area contributed by atoms with Crippen LogP contribution in [0, 0.1) is 5.41 Å². The van der Waals surface area contributed by atoms with Gasteiger partial charge in [0.15, 0.2) is 0 Å². The van der Waals surface area contributed by atoms with Gasteiger partial charge in [-0.25, -0.2) is 0 Å². The van der Waals surface area contributed by atoms with Crippen molar-refractivity contribution in [2.24, 2.45) is 5.41 Å². The fourth-order valence-corrected chi connectivity index (χ4v) is 1.98. The quantitative estimate of drug-likeness (QED) is 0.797. The predicted molar refractivity (Wildman–Crippen MR) is 84.5 cm³/mol. The second-order valence-electron chi connectivity index (χ2n) is 6.84. The summed E-state index contributed by atoms with van der Waals surface area (Å²) in [6, 6.07) is 10.2. The monoisotopic (exact) mass is 276 g/mol. The Bertz CT molecular complexity index is 407. The highest BCUT2D eigenvalue weighted by Crippen LogP contribution is 2.20. The molecule has 0 saturated heterocycles. The molecule has 112 valence electrons. The Labute approximate surface area is 123 Å². The summed E-state index contributed by atoms with van der Waals surface area (Å²) in [7, 11) is 4.07. The molecule has 0 spiro atoms. The van der Waals surface area contributed by atoms with Crippen LogP contribution in [0.1, 0.15) is 32.8 Å². The fourth-order valence-electron chi connectivity index (χ4n) is 1.98. The third-order valence-corrected chi connectivity index (χ3v) is 3.07.